The van der Waals surface area contributed by atoms with Crippen LogP contribution in [0, 0.1) is 0 Å². The summed E-state index contributed by atoms with van der Waals surface area (Å²) in [5.41, 5.74) is 1.60. The zero-order valence-electron chi connectivity index (χ0n) is 16.9. The Kier molecular flexibility index (Phi) is 6.44. The molecule has 8 heteroatoms. The van der Waals surface area contributed by atoms with Crippen LogP contribution >= 0.6 is 0 Å². The van der Waals surface area contributed by atoms with Gasteiger partial charge in [-0.05, 0) is 54.4 Å². The fourth-order valence-corrected chi connectivity index (χ4v) is 4.91. The predicted molar refractivity (Wildman–Crippen MR) is 111 cm³/mol. The number of carbonyl (C=O) groups is 1. The normalized spacial score (nSPS) is 13.4. The molecule has 0 radical (unpaired) electrons. The summed E-state index contributed by atoms with van der Waals surface area (Å²) in [6.45, 7) is 4.89. The maximum atomic E-state index is 12.7. The lowest BCUT2D eigenvalue weighted by Gasteiger charge is -2.20. The molecular formula is C21H26N2O5S. The molecule has 3 rings (SSSR count). The van der Waals surface area contributed by atoms with Gasteiger partial charge in [0.2, 0.25) is 10.0 Å². The van der Waals surface area contributed by atoms with Gasteiger partial charge in [0.15, 0.2) is 6.61 Å². The first-order chi connectivity index (χ1) is 13.9. The molecule has 0 spiro atoms. The molecule has 0 saturated carbocycles. The highest BCUT2D eigenvalue weighted by Gasteiger charge is 2.28. The number of sulfonamides is 1. The van der Waals surface area contributed by atoms with Crippen molar-refractivity contribution in [3.05, 3.63) is 48.0 Å². The van der Waals surface area contributed by atoms with Gasteiger partial charge in [-0.3, -0.25) is 4.79 Å². The molecule has 1 heterocycles. The van der Waals surface area contributed by atoms with Crippen LogP contribution in [0.2, 0.25) is 0 Å². The highest BCUT2D eigenvalue weighted by Crippen LogP contribution is 2.31. The van der Waals surface area contributed by atoms with Crippen LogP contribution in [0.3, 0.4) is 0 Å². The van der Waals surface area contributed by atoms with E-state index in [2.05, 4.69) is 0 Å². The third-order valence-corrected chi connectivity index (χ3v) is 7.06. The molecule has 2 aromatic carbocycles. The number of fused-ring (bicyclic) bond motifs is 1. The maximum absolute atomic E-state index is 12.7. The maximum Gasteiger partial charge on any atom is 0.264 e. The number of hydrogen-bond acceptors (Lipinski definition) is 5. The number of benzene rings is 2. The van der Waals surface area contributed by atoms with Crippen molar-refractivity contribution in [1.82, 2.24) is 4.31 Å². The number of hydrogen-bond donors (Lipinski definition) is 0. The van der Waals surface area contributed by atoms with Gasteiger partial charge in [-0.25, -0.2) is 8.42 Å². The van der Waals surface area contributed by atoms with Gasteiger partial charge in [0.1, 0.15) is 11.5 Å². The van der Waals surface area contributed by atoms with Crippen LogP contribution in [-0.4, -0.2) is 52.0 Å². The fourth-order valence-electron chi connectivity index (χ4n) is 3.41. The number of rotatable bonds is 8. The Labute approximate surface area is 171 Å². The first-order valence-electron chi connectivity index (χ1n) is 9.61. The van der Waals surface area contributed by atoms with Crippen LogP contribution in [0.15, 0.2) is 47.4 Å². The minimum Gasteiger partial charge on any atom is -0.497 e. The van der Waals surface area contributed by atoms with E-state index in [9.17, 15) is 13.2 Å². The van der Waals surface area contributed by atoms with Gasteiger partial charge < -0.3 is 14.4 Å². The topological polar surface area (TPSA) is 76.2 Å². The van der Waals surface area contributed by atoms with E-state index in [1.54, 1.807) is 54.5 Å². The average Bonchev–Trinajstić information content (AvgIpc) is 3.16. The van der Waals surface area contributed by atoms with E-state index in [0.717, 1.165) is 11.3 Å². The van der Waals surface area contributed by atoms with E-state index < -0.39 is 10.0 Å². The Hall–Kier alpha value is -2.58. The summed E-state index contributed by atoms with van der Waals surface area (Å²) in [6.07, 6.45) is 0.616. The monoisotopic (exact) mass is 418 g/mol. The van der Waals surface area contributed by atoms with Gasteiger partial charge in [0.25, 0.3) is 5.91 Å². The molecule has 1 aliphatic heterocycles. The summed E-state index contributed by atoms with van der Waals surface area (Å²) in [5, 5.41) is 0. The second-order valence-electron chi connectivity index (χ2n) is 6.64. The van der Waals surface area contributed by atoms with Crippen LogP contribution in [0.5, 0.6) is 11.5 Å². The van der Waals surface area contributed by atoms with Crippen LogP contribution in [-0.2, 0) is 21.2 Å². The molecule has 29 heavy (non-hydrogen) atoms. The average molecular weight is 419 g/mol. The molecule has 0 N–H and O–H groups in total. The number of amides is 1. The smallest absolute Gasteiger partial charge is 0.264 e. The zero-order chi connectivity index (χ0) is 21.0. The third-order valence-electron chi connectivity index (χ3n) is 5.01. The first-order valence-corrected chi connectivity index (χ1v) is 11.0. The van der Waals surface area contributed by atoms with Gasteiger partial charge in [-0.2, -0.15) is 4.31 Å². The lowest BCUT2D eigenvalue weighted by molar-refractivity contribution is -0.120. The summed E-state index contributed by atoms with van der Waals surface area (Å²) < 4.78 is 37.6. The number of carbonyl (C=O) groups excluding carboxylic acids is 1. The molecule has 7 nitrogen and oxygen atoms in total. The first kappa shape index (κ1) is 21.1. The van der Waals surface area contributed by atoms with E-state index in [4.69, 9.17) is 9.47 Å². The van der Waals surface area contributed by atoms with Crippen molar-refractivity contribution in [2.24, 2.45) is 0 Å². The van der Waals surface area contributed by atoms with E-state index in [1.807, 2.05) is 13.8 Å². The van der Waals surface area contributed by atoms with E-state index in [-0.39, 0.29) is 17.4 Å². The number of nitrogens with zero attached hydrogens (tertiary/aromatic N) is 2. The largest absolute Gasteiger partial charge is 0.497 e. The van der Waals surface area contributed by atoms with Crippen LogP contribution < -0.4 is 14.4 Å². The minimum atomic E-state index is -3.52. The Balaban J connectivity index is 1.71. The Morgan fingerprint density at radius 2 is 1.72 bits per heavy atom. The fraction of sp³-hybridized carbons (Fsp3) is 0.381. The van der Waals surface area contributed by atoms with Crippen molar-refractivity contribution in [3.8, 4) is 11.5 Å². The molecule has 0 saturated heterocycles. The molecule has 1 amide bonds. The molecular weight excluding hydrogens is 392 g/mol. The molecule has 0 unspecified atom stereocenters. The van der Waals surface area contributed by atoms with Gasteiger partial charge in [-0.15, -0.1) is 0 Å². The molecule has 0 atom stereocenters. The molecule has 0 bridgehead atoms. The van der Waals surface area contributed by atoms with Crippen molar-refractivity contribution in [2.75, 3.05) is 38.3 Å². The van der Waals surface area contributed by atoms with Crippen LogP contribution in [0.1, 0.15) is 19.4 Å². The summed E-state index contributed by atoms with van der Waals surface area (Å²) >= 11 is 0. The summed E-state index contributed by atoms with van der Waals surface area (Å²) in [5.74, 6) is 1.13. The summed E-state index contributed by atoms with van der Waals surface area (Å²) in [4.78, 5) is 14.5. The second-order valence-corrected chi connectivity index (χ2v) is 8.58. The van der Waals surface area contributed by atoms with E-state index >= 15 is 0 Å². The number of anilines is 1. The predicted octanol–water partition coefficient (Wildman–Crippen LogP) is 2.69. The van der Waals surface area contributed by atoms with Crippen LogP contribution in [0.4, 0.5) is 5.69 Å². The zero-order valence-corrected chi connectivity index (χ0v) is 17.7. The van der Waals surface area contributed by atoms with Gasteiger partial charge in [0.05, 0.1) is 12.0 Å². The summed E-state index contributed by atoms with van der Waals surface area (Å²) in [6, 6.07) is 12.0. The lowest BCUT2D eigenvalue weighted by Crippen LogP contribution is -2.33. The summed E-state index contributed by atoms with van der Waals surface area (Å²) in [7, 11) is -1.93. The van der Waals surface area contributed by atoms with Crippen molar-refractivity contribution < 1.29 is 22.7 Å². The minimum absolute atomic E-state index is 0.0920. The Morgan fingerprint density at radius 3 is 2.34 bits per heavy atom. The molecule has 0 fully saturated rings. The highest BCUT2D eigenvalue weighted by molar-refractivity contribution is 7.89. The Bertz CT molecular complexity index is 969. The molecule has 0 aromatic heterocycles. The highest BCUT2D eigenvalue weighted by atomic mass is 32.2. The van der Waals surface area contributed by atoms with Gasteiger partial charge in [0, 0.05) is 25.3 Å². The van der Waals surface area contributed by atoms with Crippen molar-refractivity contribution >= 4 is 21.6 Å². The molecule has 0 aliphatic carbocycles. The van der Waals surface area contributed by atoms with Gasteiger partial charge in [-0.1, -0.05) is 13.8 Å². The Morgan fingerprint density at radius 1 is 1.07 bits per heavy atom. The molecule has 156 valence electrons. The third kappa shape index (κ3) is 4.38. The second kappa shape index (κ2) is 8.84. The van der Waals surface area contributed by atoms with Crippen molar-refractivity contribution in [3.63, 3.8) is 0 Å². The number of methoxy groups -OCH3 is 1. The van der Waals surface area contributed by atoms with Crippen molar-refractivity contribution in [1.29, 1.82) is 0 Å². The standard InChI is InChI=1S/C21H26N2O5S/c1-4-22(5-2)29(25,26)19-10-11-20-16(14-19)12-13-23(20)21(24)15-28-18-8-6-17(27-3)7-9-18/h6-11,14H,4-5,12-13,15H2,1-3H3. The number of ether oxygens (including phenoxy) is 2. The molecule has 1 aliphatic rings. The van der Waals surface area contributed by atoms with Crippen molar-refractivity contribution in [2.45, 2.75) is 25.2 Å². The molecule has 2 aromatic rings. The quantitative estimate of drug-likeness (QED) is 0.659. The van der Waals surface area contributed by atoms with E-state index in [0.29, 0.717) is 37.6 Å². The van der Waals surface area contributed by atoms with Crippen LogP contribution in [0.25, 0.3) is 0 Å². The van der Waals surface area contributed by atoms with Gasteiger partial charge >= 0.3 is 0 Å². The SMILES string of the molecule is CCN(CC)S(=O)(=O)c1ccc2c(c1)CCN2C(=O)COc1ccc(OC)cc1. The van der Waals surface area contributed by atoms with E-state index in [1.165, 1.54) is 4.31 Å². The lowest BCUT2D eigenvalue weighted by atomic mass is 10.2.